The van der Waals surface area contributed by atoms with Gasteiger partial charge in [0.1, 0.15) is 31.7 Å². The van der Waals surface area contributed by atoms with E-state index in [1.165, 1.54) is 11.8 Å². The van der Waals surface area contributed by atoms with Crippen LogP contribution < -0.4 is 0 Å². The van der Waals surface area contributed by atoms with E-state index < -0.39 is 29.1 Å². The van der Waals surface area contributed by atoms with Crippen LogP contribution in [0.15, 0.2) is 12.2 Å². The van der Waals surface area contributed by atoms with Crippen LogP contribution in [0, 0.1) is 0 Å². The Morgan fingerprint density at radius 1 is 0.649 bits per heavy atom. The van der Waals surface area contributed by atoms with E-state index in [1.807, 2.05) is 0 Å². The first-order valence-electron chi connectivity index (χ1n) is 11.9. The molecular formula is C23H36O13S. The van der Waals surface area contributed by atoms with E-state index in [9.17, 15) is 19.2 Å². The van der Waals surface area contributed by atoms with Gasteiger partial charge in [-0.1, -0.05) is 0 Å². The average molecular weight is 553 g/mol. The molecule has 1 N–H and O–H groups in total. The normalized spacial score (nSPS) is 22.9. The minimum Gasteiger partial charge on any atom is -0.463 e. The fourth-order valence-electron chi connectivity index (χ4n) is 2.50. The van der Waals surface area contributed by atoms with Crippen molar-refractivity contribution in [3.63, 3.8) is 0 Å². The van der Waals surface area contributed by atoms with Crippen molar-refractivity contribution in [2.75, 3.05) is 91.6 Å². The molecule has 1 atom stereocenters. The Morgan fingerprint density at radius 2 is 1.08 bits per heavy atom. The number of rotatable bonds is 4. The lowest BCUT2D eigenvalue weighted by Gasteiger charge is -2.15. The van der Waals surface area contributed by atoms with Crippen molar-refractivity contribution in [2.45, 2.75) is 18.1 Å². The maximum Gasteiger partial charge on any atom is 0.331 e. The van der Waals surface area contributed by atoms with E-state index in [2.05, 4.69) is 0 Å². The topological polar surface area (TPSA) is 162 Å². The Labute approximate surface area is 220 Å². The fraction of sp³-hybridized carbons (Fsp3) is 0.739. The Balaban J connectivity index is 2.48. The Kier molecular flexibility index (Phi) is 20.3. The van der Waals surface area contributed by atoms with Crippen LogP contribution in [0.25, 0.3) is 0 Å². The van der Waals surface area contributed by atoms with Gasteiger partial charge < -0.3 is 43.0 Å². The number of esters is 4. The summed E-state index contributed by atoms with van der Waals surface area (Å²) in [4.78, 5) is 47.6. The molecule has 37 heavy (non-hydrogen) atoms. The van der Waals surface area contributed by atoms with Gasteiger partial charge in [0.05, 0.1) is 59.3 Å². The highest BCUT2D eigenvalue weighted by molar-refractivity contribution is 8.00. The zero-order valence-corrected chi connectivity index (χ0v) is 21.6. The van der Waals surface area contributed by atoms with E-state index in [4.69, 9.17) is 43.0 Å². The van der Waals surface area contributed by atoms with E-state index in [0.29, 0.717) is 12.2 Å². The third-order valence-corrected chi connectivity index (χ3v) is 5.53. The van der Waals surface area contributed by atoms with Gasteiger partial charge in [0.2, 0.25) is 0 Å². The van der Waals surface area contributed by atoms with Crippen molar-refractivity contribution in [3.8, 4) is 0 Å². The van der Waals surface area contributed by atoms with Crippen LogP contribution in [0.4, 0.5) is 0 Å². The lowest BCUT2D eigenvalue weighted by atomic mass is 10.3. The lowest BCUT2D eigenvalue weighted by molar-refractivity contribution is -0.151. The third-order valence-electron chi connectivity index (χ3n) is 4.24. The standard InChI is InChI=1S/C23H36O13S/c24-4-1-17-37-19-18-22(27)35-15-11-31-6-5-29-9-13-33-20(25)2-3-21(26)34-14-10-30-7-8-32-12-16-36-23(19)28/h2-3,19,24H,1,4-18H2/b3-2+. The molecular weight excluding hydrogens is 516 g/mol. The summed E-state index contributed by atoms with van der Waals surface area (Å²) in [5.41, 5.74) is 0. The summed E-state index contributed by atoms with van der Waals surface area (Å²) in [6, 6.07) is 0. The largest absolute Gasteiger partial charge is 0.463 e. The molecule has 13 nitrogen and oxygen atoms in total. The molecule has 1 rings (SSSR count). The van der Waals surface area contributed by atoms with Crippen molar-refractivity contribution in [1.82, 2.24) is 0 Å². The second-order valence-electron chi connectivity index (χ2n) is 7.15. The summed E-state index contributed by atoms with van der Waals surface area (Å²) in [5, 5.41) is 8.20. The van der Waals surface area contributed by atoms with Crippen LogP contribution >= 0.6 is 11.8 Å². The minimum absolute atomic E-state index is 0.00417. The molecule has 0 aromatic heterocycles. The molecule has 0 radical (unpaired) electrons. The molecule has 212 valence electrons. The third kappa shape index (κ3) is 19.5. The van der Waals surface area contributed by atoms with Crippen molar-refractivity contribution >= 4 is 35.6 Å². The van der Waals surface area contributed by atoms with E-state index in [1.54, 1.807) is 0 Å². The summed E-state index contributed by atoms with van der Waals surface area (Å²) >= 11 is 1.21. The van der Waals surface area contributed by atoms with Crippen LogP contribution in [-0.2, 0) is 57.1 Å². The van der Waals surface area contributed by atoms with Gasteiger partial charge in [-0.3, -0.25) is 9.59 Å². The number of hydrogen-bond acceptors (Lipinski definition) is 14. The number of thioether (sulfide) groups is 1. The van der Waals surface area contributed by atoms with Gasteiger partial charge in [0, 0.05) is 18.8 Å². The van der Waals surface area contributed by atoms with Crippen LogP contribution in [0.2, 0.25) is 0 Å². The number of cyclic esters (lactones) is 4. The maximum atomic E-state index is 12.4. The van der Waals surface area contributed by atoms with Crippen LogP contribution in [-0.4, -0.2) is 126 Å². The predicted octanol–water partition coefficient (Wildman–Crippen LogP) is -0.330. The predicted molar refractivity (Wildman–Crippen MR) is 129 cm³/mol. The van der Waals surface area contributed by atoms with Crippen molar-refractivity contribution in [1.29, 1.82) is 0 Å². The van der Waals surface area contributed by atoms with Gasteiger partial charge in [0.25, 0.3) is 0 Å². The smallest absolute Gasteiger partial charge is 0.331 e. The summed E-state index contributed by atoms with van der Waals surface area (Å²) < 4.78 is 41.2. The van der Waals surface area contributed by atoms with Gasteiger partial charge in [-0.25, -0.2) is 9.59 Å². The van der Waals surface area contributed by atoms with E-state index in [0.717, 1.165) is 12.2 Å². The zero-order chi connectivity index (χ0) is 27.0. The minimum atomic E-state index is -0.768. The number of ether oxygens (including phenoxy) is 8. The molecule has 0 saturated carbocycles. The molecule has 1 heterocycles. The second kappa shape index (κ2) is 22.9. The number of aliphatic hydroxyl groups excluding tert-OH is 1. The first-order chi connectivity index (χ1) is 18.0. The summed E-state index contributed by atoms with van der Waals surface area (Å²) in [6.45, 7) is 1.40. The fourth-order valence-corrected chi connectivity index (χ4v) is 3.54. The first-order valence-corrected chi connectivity index (χ1v) is 12.9. The molecule has 1 aliphatic heterocycles. The average Bonchev–Trinajstić information content (AvgIpc) is 2.88. The second-order valence-corrected chi connectivity index (χ2v) is 8.46. The summed E-state index contributed by atoms with van der Waals surface area (Å²) in [5.74, 6) is -2.08. The monoisotopic (exact) mass is 552 g/mol. The van der Waals surface area contributed by atoms with Crippen LogP contribution in [0.5, 0.6) is 0 Å². The molecule has 0 aromatic rings. The Morgan fingerprint density at radius 3 is 1.57 bits per heavy atom. The lowest BCUT2D eigenvalue weighted by Crippen LogP contribution is -2.27. The van der Waals surface area contributed by atoms with Crippen LogP contribution in [0.1, 0.15) is 12.8 Å². The van der Waals surface area contributed by atoms with Crippen molar-refractivity contribution in [2.24, 2.45) is 0 Å². The number of carbonyl (C=O) groups is 4. The van der Waals surface area contributed by atoms with Crippen molar-refractivity contribution in [3.05, 3.63) is 12.2 Å². The zero-order valence-electron chi connectivity index (χ0n) is 20.8. The van der Waals surface area contributed by atoms with Gasteiger partial charge in [-0.2, -0.15) is 0 Å². The van der Waals surface area contributed by atoms with Crippen LogP contribution in [0.3, 0.4) is 0 Å². The summed E-state index contributed by atoms with van der Waals surface area (Å²) in [7, 11) is 0. The highest BCUT2D eigenvalue weighted by Crippen LogP contribution is 2.18. The number of aliphatic hydroxyl groups is 1. The van der Waals surface area contributed by atoms with Gasteiger partial charge in [0.15, 0.2) is 0 Å². The molecule has 0 aromatic carbocycles. The molecule has 0 spiro atoms. The summed E-state index contributed by atoms with van der Waals surface area (Å²) in [6.07, 6.45) is 2.21. The van der Waals surface area contributed by atoms with Gasteiger partial charge >= 0.3 is 23.9 Å². The van der Waals surface area contributed by atoms with Gasteiger partial charge in [-0.15, -0.1) is 11.8 Å². The van der Waals surface area contributed by atoms with E-state index in [-0.39, 0.29) is 92.3 Å². The maximum absolute atomic E-state index is 12.4. The molecule has 0 amide bonds. The molecule has 14 heteroatoms. The molecule has 0 saturated heterocycles. The Bertz CT molecular complexity index is 686. The molecule has 1 unspecified atom stereocenters. The number of carbonyl (C=O) groups excluding carboxylic acids is 4. The first kappa shape index (κ1) is 32.8. The molecule has 0 fully saturated rings. The molecule has 1 aliphatic rings. The van der Waals surface area contributed by atoms with Gasteiger partial charge in [-0.05, 0) is 12.2 Å². The highest BCUT2D eigenvalue weighted by atomic mass is 32.2. The highest BCUT2D eigenvalue weighted by Gasteiger charge is 2.24. The van der Waals surface area contributed by atoms with E-state index >= 15 is 0 Å². The van der Waals surface area contributed by atoms with Crippen molar-refractivity contribution < 1.29 is 62.2 Å². The number of hydrogen-bond donors (Lipinski definition) is 1. The quantitative estimate of drug-likeness (QED) is 0.274. The molecule has 0 aliphatic carbocycles. The SMILES string of the molecule is O=C1/C=C/C(=O)OCCOCCOCCOC(=O)C(SCCCO)CC(=O)OCCOCCOCCO1. The molecule has 0 bridgehead atoms. The Hall–Kier alpha value is -2.23.